The van der Waals surface area contributed by atoms with Crippen molar-refractivity contribution >= 4 is 35.0 Å². The van der Waals surface area contributed by atoms with Gasteiger partial charge in [0.05, 0.1) is 24.1 Å². The number of rotatable bonds is 5. The molecule has 0 radical (unpaired) electrons. The molecule has 1 saturated carbocycles. The summed E-state index contributed by atoms with van der Waals surface area (Å²) in [4.78, 5) is 32.7. The first-order valence-corrected chi connectivity index (χ1v) is 10.4. The van der Waals surface area contributed by atoms with Crippen molar-refractivity contribution in [3.05, 3.63) is 59.9 Å². The Morgan fingerprint density at radius 3 is 2.61 bits per heavy atom. The Morgan fingerprint density at radius 1 is 1.10 bits per heavy atom. The Morgan fingerprint density at radius 2 is 1.94 bits per heavy atom. The zero-order chi connectivity index (χ0) is 21.5. The number of hydrogen-bond acceptors (Lipinski definition) is 6. The van der Waals surface area contributed by atoms with E-state index in [0.717, 1.165) is 41.2 Å². The molecule has 3 aromatic rings. The minimum absolute atomic E-state index is 0.0257. The number of nitrogens with zero attached hydrogens (tertiary/aromatic N) is 6. The van der Waals surface area contributed by atoms with Crippen LogP contribution in [0.3, 0.4) is 0 Å². The Labute approximate surface area is 181 Å². The summed E-state index contributed by atoms with van der Waals surface area (Å²) in [5.74, 6) is 1.93. The van der Waals surface area contributed by atoms with E-state index in [9.17, 15) is 4.79 Å². The molecule has 0 atom stereocenters. The van der Waals surface area contributed by atoms with Gasteiger partial charge in [-0.25, -0.2) is 19.7 Å². The quantitative estimate of drug-likeness (QED) is 0.672. The van der Waals surface area contributed by atoms with Crippen LogP contribution in [-0.2, 0) is 6.54 Å². The molecule has 3 heterocycles. The predicted molar refractivity (Wildman–Crippen MR) is 121 cm³/mol. The molecular weight excluding hydrogens is 390 g/mol. The van der Waals surface area contributed by atoms with Gasteiger partial charge in [0.1, 0.15) is 5.82 Å². The average molecular weight is 416 g/mol. The number of fused-ring (bicyclic) bond motifs is 1. The maximum absolute atomic E-state index is 13.4. The third-order valence-electron chi connectivity index (χ3n) is 5.54. The van der Waals surface area contributed by atoms with Gasteiger partial charge in [-0.2, -0.15) is 4.98 Å². The summed E-state index contributed by atoms with van der Waals surface area (Å²) in [5.41, 5.74) is 3.64. The lowest BCUT2D eigenvalue weighted by atomic mass is 10.1. The molecule has 0 saturated heterocycles. The largest absolute Gasteiger partial charge is 0.363 e. The molecule has 1 fully saturated rings. The zero-order valence-corrected chi connectivity index (χ0v) is 17.9. The van der Waals surface area contributed by atoms with Gasteiger partial charge in [-0.1, -0.05) is 12.1 Å². The lowest BCUT2D eigenvalue weighted by Gasteiger charge is -2.36. The van der Waals surface area contributed by atoms with Gasteiger partial charge < -0.3 is 15.1 Å². The van der Waals surface area contributed by atoms with Crippen molar-refractivity contribution in [1.82, 2.24) is 19.9 Å². The highest BCUT2D eigenvalue weighted by molar-refractivity contribution is 6.01. The molecule has 2 aromatic heterocycles. The van der Waals surface area contributed by atoms with E-state index in [1.165, 1.54) is 0 Å². The number of aromatic nitrogens is 3. The minimum atomic E-state index is -0.0257. The van der Waals surface area contributed by atoms with Gasteiger partial charge in [-0.15, -0.1) is 0 Å². The van der Waals surface area contributed by atoms with Gasteiger partial charge >= 0.3 is 6.03 Å². The Bertz CT molecular complexity index is 1130. The number of anilines is 5. The fraction of sp³-hybridized carbons (Fsp3) is 0.304. The van der Waals surface area contributed by atoms with E-state index in [1.807, 2.05) is 73.4 Å². The summed E-state index contributed by atoms with van der Waals surface area (Å²) < 4.78 is 0. The molecule has 5 rings (SSSR count). The Kier molecular flexibility index (Phi) is 4.69. The standard InChI is InChI=1S/C23H25N7O/c1-15-5-4-6-19(11-15)30-21-16(14-29(23(30)31)18-8-9-18)12-25-22(27-21)26-17-7-10-20(24-13-17)28(2)3/h4-7,10-13,18H,8-9,14H2,1-3H3,(H,25,26,27). The second-order valence-electron chi connectivity index (χ2n) is 8.28. The predicted octanol–water partition coefficient (Wildman–Crippen LogP) is 4.23. The molecule has 0 bridgehead atoms. The SMILES string of the molecule is Cc1cccc(N2C(=O)N(C3CC3)Cc3cnc(Nc4ccc(N(C)C)nc4)nc32)c1. The van der Waals surface area contributed by atoms with Crippen LogP contribution >= 0.6 is 0 Å². The second kappa shape index (κ2) is 7.54. The van der Waals surface area contributed by atoms with Gasteiger partial charge in [-0.05, 0) is 49.6 Å². The van der Waals surface area contributed by atoms with Gasteiger partial charge in [0.25, 0.3) is 0 Å². The van der Waals surface area contributed by atoms with E-state index in [4.69, 9.17) is 4.98 Å². The van der Waals surface area contributed by atoms with E-state index in [1.54, 1.807) is 11.1 Å². The summed E-state index contributed by atoms with van der Waals surface area (Å²) in [5, 5.41) is 3.21. The Hall–Kier alpha value is -3.68. The van der Waals surface area contributed by atoms with Gasteiger partial charge in [0.15, 0.2) is 5.82 Å². The van der Waals surface area contributed by atoms with Crippen LogP contribution in [0.2, 0.25) is 0 Å². The minimum Gasteiger partial charge on any atom is -0.363 e. The second-order valence-corrected chi connectivity index (χ2v) is 8.28. The fourth-order valence-corrected chi connectivity index (χ4v) is 3.76. The first-order valence-electron chi connectivity index (χ1n) is 10.4. The third kappa shape index (κ3) is 3.76. The van der Waals surface area contributed by atoms with Crippen LogP contribution in [0.25, 0.3) is 0 Å². The van der Waals surface area contributed by atoms with Crippen molar-refractivity contribution in [2.75, 3.05) is 29.2 Å². The topological polar surface area (TPSA) is 77.5 Å². The maximum atomic E-state index is 13.4. The van der Waals surface area contributed by atoms with Crippen molar-refractivity contribution in [3.8, 4) is 0 Å². The van der Waals surface area contributed by atoms with Crippen molar-refractivity contribution in [2.45, 2.75) is 32.4 Å². The van der Waals surface area contributed by atoms with E-state index in [2.05, 4.69) is 15.3 Å². The van der Waals surface area contributed by atoms with Crippen LogP contribution in [-0.4, -0.2) is 46.0 Å². The smallest absolute Gasteiger partial charge is 0.330 e. The highest BCUT2D eigenvalue weighted by Gasteiger charge is 2.41. The number of hydrogen-bond donors (Lipinski definition) is 1. The Balaban J connectivity index is 1.50. The highest BCUT2D eigenvalue weighted by atomic mass is 16.2. The molecule has 158 valence electrons. The number of pyridine rings is 1. The summed E-state index contributed by atoms with van der Waals surface area (Å²) in [7, 11) is 3.90. The van der Waals surface area contributed by atoms with Crippen LogP contribution in [0.5, 0.6) is 0 Å². The normalized spacial score (nSPS) is 15.6. The molecule has 8 heteroatoms. The van der Waals surface area contributed by atoms with Gasteiger partial charge in [0.2, 0.25) is 5.95 Å². The molecule has 1 N–H and O–H groups in total. The van der Waals surface area contributed by atoms with Crippen LogP contribution in [0.4, 0.5) is 33.8 Å². The molecule has 1 aliphatic carbocycles. The molecule has 1 aliphatic heterocycles. The summed E-state index contributed by atoms with van der Waals surface area (Å²) >= 11 is 0. The summed E-state index contributed by atoms with van der Waals surface area (Å²) in [6, 6.07) is 12.1. The van der Waals surface area contributed by atoms with E-state index in [-0.39, 0.29) is 6.03 Å². The molecular formula is C23H25N7O. The monoisotopic (exact) mass is 415 g/mol. The van der Waals surface area contributed by atoms with Crippen LogP contribution in [0, 0.1) is 6.92 Å². The third-order valence-corrected chi connectivity index (χ3v) is 5.54. The van der Waals surface area contributed by atoms with Crippen LogP contribution in [0.15, 0.2) is 48.8 Å². The summed E-state index contributed by atoms with van der Waals surface area (Å²) in [6.45, 7) is 2.56. The van der Waals surface area contributed by atoms with Gasteiger partial charge in [0, 0.05) is 31.9 Å². The first kappa shape index (κ1) is 19.3. The molecule has 31 heavy (non-hydrogen) atoms. The molecule has 8 nitrogen and oxygen atoms in total. The van der Waals surface area contributed by atoms with E-state index < -0.39 is 0 Å². The number of nitrogens with one attached hydrogen (secondary N) is 1. The first-order chi connectivity index (χ1) is 15.0. The molecule has 2 amide bonds. The fourth-order valence-electron chi connectivity index (χ4n) is 3.76. The number of carbonyl (C=O) groups excluding carboxylic acids is 1. The molecule has 0 spiro atoms. The van der Waals surface area contributed by atoms with E-state index in [0.29, 0.717) is 24.4 Å². The number of urea groups is 1. The van der Waals surface area contributed by atoms with Crippen molar-refractivity contribution in [3.63, 3.8) is 0 Å². The number of carbonyl (C=O) groups is 1. The van der Waals surface area contributed by atoms with Crippen molar-refractivity contribution < 1.29 is 4.79 Å². The summed E-state index contributed by atoms with van der Waals surface area (Å²) in [6.07, 6.45) is 5.67. The lowest BCUT2D eigenvalue weighted by molar-refractivity contribution is 0.198. The highest BCUT2D eigenvalue weighted by Crippen LogP contribution is 2.39. The number of benzene rings is 1. The zero-order valence-electron chi connectivity index (χ0n) is 17.9. The van der Waals surface area contributed by atoms with Crippen LogP contribution in [0.1, 0.15) is 24.0 Å². The molecule has 0 unspecified atom stereocenters. The number of aryl methyl sites for hydroxylation is 1. The number of amides is 2. The van der Waals surface area contributed by atoms with Crippen LogP contribution < -0.4 is 15.1 Å². The lowest BCUT2D eigenvalue weighted by Crippen LogP contribution is -2.46. The molecule has 1 aromatic carbocycles. The van der Waals surface area contributed by atoms with Crippen molar-refractivity contribution in [2.24, 2.45) is 0 Å². The van der Waals surface area contributed by atoms with Gasteiger partial charge in [-0.3, -0.25) is 0 Å². The van der Waals surface area contributed by atoms with E-state index >= 15 is 0 Å². The van der Waals surface area contributed by atoms with Crippen molar-refractivity contribution in [1.29, 1.82) is 0 Å². The average Bonchev–Trinajstić information content (AvgIpc) is 3.59. The molecule has 2 aliphatic rings. The maximum Gasteiger partial charge on any atom is 0.330 e.